The van der Waals surface area contributed by atoms with Crippen LogP contribution in [-0.2, 0) is 6.54 Å². The van der Waals surface area contributed by atoms with Crippen LogP contribution in [0, 0.1) is 0 Å². The van der Waals surface area contributed by atoms with Gasteiger partial charge in [0.1, 0.15) is 17.1 Å². The SMILES string of the molecule is O=C(NCc1ccon1)c1cc(Br)cnc1Cl. The van der Waals surface area contributed by atoms with E-state index in [1.54, 1.807) is 12.1 Å². The Balaban J connectivity index is 2.07. The Morgan fingerprint density at radius 1 is 1.59 bits per heavy atom. The number of aromatic nitrogens is 2. The zero-order valence-electron chi connectivity index (χ0n) is 8.48. The molecular weight excluding hydrogens is 309 g/mol. The van der Waals surface area contributed by atoms with Crippen molar-refractivity contribution in [2.24, 2.45) is 0 Å². The molecule has 0 radical (unpaired) electrons. The molecule has 88 valence electrons. The molecule has 0 aliphatic heterocycles. The summed E-state index contributed by atoms with van der Waals surface area (Å²) >= 11 is 9.05. The molecule has 1 amide bonds. The smallest absolute Gasteiger partial charge is 0.254 e. The Labute approximate surface area is 110 Å². The quantitative estimate of drug-likeness (QED) is 0.883. The molecule has 0 aliphatic carbocycles. The van der Waals surface area contributed by atoms with Gasteiger partial charge in [-0.2, -0.15) is 0 Å². The highest BCUT2D eigenvalue weighted by Gasteiger charge is 2.12. The van der Waals surface area contributed by atoms with Crippen molar-refractivity contribution in [3.63, 3.8) is 0 Å². The molecule has 0 unspecified atom stereocenters. The van der Waals surface area contributed by atoms with Crippen LogP contribution in [0.1, 0.15) is 16.1 Å². The van der Waals surface area contributed by atoms with E-state index in [4.69, 9.17) is 11.6 Å². The fraction of sp³-hybridized carbons (Fsp3) is 0.100. The van der Waals surface area contributed by atoms with E-state index in [-0.39, 0.29) is 17.6 Å². The zero-order chi connectivity index (χ0) is 12.3. The van der Waals surface area contributed by atoms with Gasteiger partial charge in [-0.15, -0.1) is 0 Å². The second-order valence-electron chi connectivity index (χ2n) is 3.17. The number of carbonyl (C=O) groups excluding carboxylic acids is 1. The molecule has 2 aromatic rings. The van der Waals surface area contributed by atoms with E-state index in [1.807, 2.05) is 0 Å². The second-order valence-corrected chi connectivity index (χ2v) is 4.44. The minimum Gasteiger partial charge on any atom is -0.364 e. The Bertz CT molecular complexity index is 530. The molecule has 0 bridgehead atoms. The van der Waals surface area contributed by atoms with Crippen molar-refractivity contribution in [1.82, 2.24) is 15.5 Å². The van der Waals surface area contributed by atoms with Crippen LogP contribution in [0.15, 0.2) is 33.6 Å². The molecular formula is C10H7BrClN3O2. The van der Waals surface area contributed by atoms with Gasteiger partial charge in [0.15, 0.2) is 0 Å². The van der Waals surface area contributed by atoms with Crippen LogP contribution in [0.2, 0.25) is 5.15 Å². The molecule has 0 spiro atoms. The lowest BCUT2D eigenvalue weighted by molar-refractivity contribution is 0.0950. The third kappa shape index (κ3) is 3.04. The molecule has 0 atom stereocenters. The van der Waals surface area contributed by atoms with Gasteiger partial charge in [0.05, 0.1) is 12.1 Å². The number of pyridine rings is 1. The minimum atomic E-state index is -0.313. The highest BCUT2D eigenvalue weighted by molar-refractivity contribution is 9.10. The van der Waals surface area contributed by atoms with Gasteiger partial charge in [0.25, 0.3) is 5.91 Å². The van der Waals surface area contributed by atoms with Crippen LogP contribution < -0.4 is 5.32 Å². The van der Waals surface area contributed by atoms with Gasteiger partial charge < -0.3 is 9.84 Å². The van der Waals surface area contributed by atoms with Gasteiger partial charge in [0, 0.05) is 16.7 Å². The number of hydrogen-bond donors (Lipinski definition) is 1. The van der Waals surface area contributed by atoms with E-state index in [0.717, 1.165) is 0 Å². The van der Waals surface area contributed by atoms with E-state index < -0.39 is 0 Å². The maximum Gasteiger partial charge on any atom is 0.254 e. The first-order valence-electron chi connectivity index (χ1n) is 4.65. The summed E-state index contributed by atoms with van der Waals surface area (Å²) in [7, 11) is 0. The lowest BCUT2D eigenvalue weighted by Gasteiger charge is -2.04. The highest BCUT2D eigenvalue weighted by Crippen LogP contribution is 2.17. The molecule has 0 saturated heterocycles. The molecule has 2 aromatic heterocycles. The number of amides is 1. The van der Waals surface area contributed by atoms with Crippen LogP contribution in [0.5, 0.6) is 0 Å². The van der Waals surface area contributed by atoms with Gasteiger partial charge in [-0.1, -0.05) is 16.8 Å². The van der Waals surface area contributed by atoms with E-state index in [1.165, 1.54) is 12.5 Å². The Morgan fingerprint density at radius 3 is 3.12 bits per heavy atom. The second kappa shape index (κ2) is 5.29. The van der Waals surface area contributed by atoms with Crippen molar-refractivity contribution in [3.05, 3.63) is 45.5 Å². The van der Waals surface area contributed by atoms with Crippen LogP contribution in [-0.4, -0.2) is 16.0 Å². The average molecular weight is 317 g/mol. The molecule has 0 saturated carbocycles. The lowest BCUT2D eigenvalue weighted by Crippen LogP contribution is -2.23. The summed E-state index contributed by atoms with van der Waals surface area (Å²) in [6.07, 6.45) is 2.96. The van der Waals surface area contributed by atoms with E-state index in [0.29, 0.717) is 15.7 Å². The summed E-state index contributed by atoms with van der Waals surface area (Å²) in [5.74, 6) is -0.313. The molecule has 17 heavy (non-hydrogen) atoms. The first kappa shape index (κ1) is 12.1. The maximum absolute atomic E-state index is 11.8. The summed E-state index contributed by atoms with van der Waals surface area (Å²) in [6.45, 7) is 0.276. The number of rotatable bonds is 3. The predicted octanol–water partition coefficient (Wildman–Crippen LogP) is 2.42. The van der Waals surface area contributed by atoms with E-state index >= 15 is 0 Å². The number of halogens is 2. The molecule has 2 heterocycles. The topological polar surface area (TPSA) is 68.0 Å². The van der Waals surface area contributed by atoms with Gasteiger partial charge in [-0.25, -0.2) is 4.98 Å². The Hall–Kier alpha value is -1.40. The van der Waals surface area contributed by atoms with Crippen LogP contribution >= 0.6 is 27.5 Å². The minimum absolute atomic E-state index is 0.158. The van der Waals surface area contributed by atoms with Crippen molar-refractivity contribution >= 4 is 33.4 Å². The molecule has 7 heteroatoms. The lowest BCUT2D eigenvalue weighted by atomic mass is 10.2. The monoisotopic (exact) mass is 315 g/mol. The summed E-state index contributed by atoms with van der Waals surface area (Å²) in [5, 5.41) is 6.50. The van der Waals surface area contributed by atoms with Gasteiger partial charge in [-0.3, -0.25) is 4.79 Å². The third-order valence-corrected chi connectivity index (χ3v) is 2.71. The first-order valence-corrected chi connectivity index (χ1v) is 5.82. The number of carbonyl (C=O) groups is 1. The predicted molar refractivity (Wildman–Crippen MR) is 64.6 cm³/mol. The van der Waals surface area contributed by atoms with Crippen LogP contribution in [0.4, 0.5) is 0 Å². The van der Waals surface area contributed by atoms with Crippen molar-refractivity contribution in [3.8, 4) is 0 Å². The molecule has 2 rings (SSSR count). The zero-order valence-corrected chi connectivity index (χ0v) is 10.8. The van der Waals surface area contributed by atoms with E-state index in [9.17, 15) is 4.79 Å². The van der Waals surface area contributed by atoms with Crippen LogP contribution in [0.3, 0.4) is 0 Å². The van der Waals surface area contributed by atoms with Crippen molar-refractivity contribution in [2.75, 3.05) is 0 Å². The normalized spacial score (nSPS) is 10.2. The number of nitrogens with zero attached hydrogens (tertiary/aromatic N) is 2. The molecule has 5 nitrogen and oxygen atoms in total. The summed E-state index contributed by atoms with van der Waals surface area (Å²) in [4.78, 5) is 15.7. The average Bonchev–Trinajstić information content (AvgIpc) is 2.82. The van der Waals surface area contributed by atoms with Gasteiger partial charge in [-0.05, 0) is 22.0 Å². The maximum atomic E-state index is 11.8. The molecule has 0 aliphatic rings. The number of hydrogen-bond acceptors (Lipinski definition) is 4. The third-order valence-electron chi connectivity index (χ3n) is 1.97. The largest absolute Gasteiger partial charge is 0.364 e. The van der Waals surface area contributed by atoms with Crippen molar-refractivity contribution < 1.29 is 9.32 Å². The summed E-state index contributed by atoms with van der Waals surface area (Å²) < 4.78 is 5.34. The fourth-order valence-electron chi connectivity index (χ4n) is 1.18. The van der Waals surface area contributed by atoms with Gasteiger partial charge in [0.2, 0.25) is 0 Å². The summed E-state index contributed by atoms with van der Waals surface area (Å²) in [5.41, 5.74) is 0.946. The Morgan fingerprint density at radius 2 is 2.41 bits per heavy atom. The van der Waals surface area contributed by atoms with Gasteiger partial charge >= 0.3 is 0 Å². The highest BCUT2D eigenvalue weighted by atomic mass is 79.9. The molecule has 0 fully saturated rings. The molecule has 1 N–H and O–H groups in total. The van der Waals surface area contributed by atoms with Crippen molar-refractivity contribution in [2.45, 2.75) is 6.54 Å². The van der Waals surface area contributed by atoms with Crippen molar-refractivity contribution in [1.29, 1.82) is 0 Å². The first-order chi connectivity index (χ1) is 8.16. The molecule has 0 aromatic carbocycles. The van der Waals surface area contributed by atoms with Crippen LogP contribution in [0.25, 0.3) is 0 Å². The summed E-state index contributed by atoms with van der Waals surface area (Å²) in [6, 6.07) is 3.27. The Kier molecular flexibility index (Phi) is 3.75. The number of nitrogens with one attached hydrogen (secondary N) is 1. The van der Waals surface area contributed by atoms with E-state index in [2.05, 4.69) is 35.9 Å². The fourth-order valence-corrected chi connectivity index (χ4v) is 1.70. The standard InChI is InChI=1S/C10H7BrClN3O2/c11-6-3-8(9(12)13-4-6)10(16)14-5-7-1-2-17-15-7/h1-4H,5H2,(H,14,16).